The summed E-state index contributed by atoms with van der Waals surface area (Å²) in [6, 6.07) is 7.63. The summed E-state index contributed by atoms with van der Waals surface area (Å²) in [5.41, 5.74) is 2.05. The van der Waals surface area contributed by atoms with E-state index in [1.165, 1.54) is 7.11 Å². The van der Waals surface area contributed by atoms with Crippen molar-refractivity contribution in [2.24, 2.45) is 5.92 Å². The third kappa shape index (κ3) is 3.65. The van der Waals surface area contributed by atoms with Crippen LogP contribution in [0.4, 0.5) is 11.4 Å². The molecule has 0 spiro atoms. The van der Waals surface area contributed by atoms with Crippen molar-refractivity contribution in [3.8, 4) is 0 Å². The Labute approximate surface area is 109 Å². The van der Waals surface area contributed by atoms with Crippen LogP contribution in [-0.4, -0.2) is 33.2 Å². The summed E-state index contributed by atoms with van der Waals surface area (Å²) in [7, 11) is 5.40. The van der Waals surface area contributed by atoms with Gasteiger partial charge in [0.05, 0.1) is 7.11 Å². The van der Waals surface area contributed by atoms with E-state index in [2.05, 4.69) is 5.32 Å². The highest BCUT2D eigenvalue weighted by atomic mass is 16.5. The van der Waals surface area contributed by atoms with Crippen LogP contribution >= 0.6 is 0 Å². The number of methoxy groups -OCH3 is 1. The average Bonchev–Trinajstić information content (AvgIpc) is 2.35. The molecule has 1 atom stereocenters. The van der Waals surface area contributed by atoms with Crippen molar-refractivity contribution in [3.05, 3.63) is 24.3 Å². The minimum absolute atomic E-state index is 0.172. The molecule has 0 saturated carbocycles. The van der Waals surface area contributed by atoms with Crippen molar-refractivity contribution in [1.82, 2.24) is 0 Å². The molecule has 0 aromatic heterocycles. The van der Waals surface area contributed by atoms with Crippen molar-refractivity contribution in [2.45, 2.75) is 19.9 Å². The molecule has 0 aliphatic rings. The van der Waals surface area contributed by atoms with Crippen molar-refractivity contribution >= 4 is 17.3 Å². The van der Waals surface area contributed by atoms with Crippen LogP contribution in [0, 0.1) is 5.92 Å². The molecule has 0 radical (unpaired) electrons. The Morgan fingerprint density at radius 3 is 2.17 bits per heavy atom. The first-order valence-electron chi connectivity index (χ1n) is 6.07. The van der Waals surface area contributed by atoms with Crippen LogP contribution < -0.4 is 10.2 Å². The largest absolute Gasteiger partial charge is 0.467 e. The van der Waals surface area contributed by atoms with Gasteiger partial charge in [-0.15, -0.1) is 0 Å². The molecule has 1 N–H and O–H groups in total. The summed E-state index contributed by atoms with van der Waals surface area (Å²) in [6.07, 6.45) is 0. The lowest BCUT2D eigenvalue weighted by Gasteiger charge is -2.21. The maximum Gasteiger partial charge on any atom is 0.328 e. The van der Waals surface area contributed by atoms with E-state index in [4.69, 9.17) is 4.74 Å². The fourth-order valence-electron chi connectivity index (χ4n) is 1.66. The van der Waals surface area contributed by atoms with E-state index in [1.807, 2.05) is 57.1 Å². The van der Waals surface area contributed by atoms with Gasteiger partial charge in [0.25, 0.3) is 0 Å². The molecular weight excluding hydrogens is 228 g/mol. The predicted molar refractivity (Wildman–Crippen MR) is 75.0 cm³/mol. The number of hydrogen-bond donors (Lipinski definition) is 1. The van der Waals surface area contributed by atoms with Gasteiger partial charge in [-0.2, -0.15) is 0 Å². The highest BCUT2D eigenvalue weighted by Gasteiger charge is 2.22. The Morgan fingerprint density at radius 1 is 1.22 bits per heavy atom. The highest BCUT2D eigenvalue weighted by molar-refractivity contribution is 5.79. The topological polar surface area (TPSA) is 41.6 Å². The monoisotopic (exact) mass is 250 g/mol. The lowest BCUT2D eigenvalue weighted by Crippen LogP contribution is -2.35. The molecule has 0 aliphatic heterocycles. The smallest absolute Gasteiger partial charge is 0.328 e. The summed E-state index contributed by atoms with van der Waals surface area (Å²) in [6.45, 7) is 3.98. The zero-order valence-electron chi connectivity index (χ0n) is 11.7. The fraction of sp³-hybridized carbons (Fsp3) is 0.500. The van der Waals surface area contributed by atoms with E-state index < -0.39 is 0 Å². The number of carbonyl (C=O) groups excluding carboxylic acids is 1. The number of hydrogen-bond acceptors (Lipinski definition) is 4. The van der Waals surface area contributed by atoms with Crippen LogP contribution in [0.15, 0.2) is 24.3 Å². The van der Waals surface area contributed by atoms with Gasteiger partial charge < -0.3 is 15.0 Å². The second-order valence-corrected chi connectivity index (χ2v) is 4.83. The van der Waals surface area contributed by atoms with Gasteiger partial charge in [-0.1, -0.05) is 13.8 Å². The third-order valence-corrected chi connectivity index (χ3v) is 2.83. The number of rotatable bonds is 5. The zero-order valence-corrected chi connectivity index (χ0v) is 11.7. The molecule has 0 fully saturated rings. The quantitative estimate of drug-likeness (QED) is 0.815. The normalized spacial score (nSPS) is 12.1. The molecule has 4 heteroatoms. The number of anilines is 2. The predicted octanol–water partition coefficient (Wildman–Crippen LogP) is 2.36. The number of esters is 1. The van der Waals surface area contributed by atoms with Gasteiger partial charge in [0.15, 0.2) is 0 Å². The highest BCUT2D eigenvalue weighted by Crippen LogP contribution is 2.18. The molecule has 0 amide bonds. The average molecular weight is 250 g/mol. The standard InChI is InChI=1S/C14H22N2O2/c1-10(2)13(14(17)18-5)15-11-6-8-12(9-7-11)16(3)4/h6-10,13,15H,1-5H3. The lowest BCUT2D eigenvalue weighted by molar-refractivity contribution is -0.142. The molecule has 0 aliphatic carbocycles. The van der Waals surface area contributed by atoms with Crippen molar-refractivity contribution in [2.75, 3.05) is 31.4 Å². The molecule has 0 saturated heterocycles. The van der Waals surface area contributed by atoms with Gasteiger partial charge in [0.1, 0.15) is 6.04 Å². The summed E-state index contributed by atoms with van der Waals surface area (Å²) < 4.78 is 4.80. The van der Waals surface area contributed by atoms with Crippen LogP contribution in [0.5, 0.6) is 0 Å². The molecule has 0 bridgehead atoms. The van der Waals surface area contributed by atoms with E-state index >= 15 is 0 Å². The van der Waals surface area contributed by atoms with Gasteiger partial charge in [-0.05, 0) is 30.2 Å². The Bertz CT molecular complexity index is 385. The first kappa shape index (κ1) is 14.4. The number of nitrogens with one attached hydrogen (secondary N) is 1. The molecule has 1 unspecified atom stereocenters. The van der Waals surface area contributed by atoms with Gasteiger partial charge in [-0.25, -0.2) is 4.79 Å². The van der Waals surface area contributed by atoms with Crippen LogP contribution in [0.3, 0.4) is 0 Å². The Balaban J connectivity index is 2.78. The van der Waals surface area contributed by atoms with E-state index in [9.17, 15) is 4.79 Å². The number of nitrogens with zero attached hydrogens (tertiary/aromatic N) is 1. The summed E-state index contributed by atoms with van der Waals surface area (Å²) in [5.74, 6) is -0.0624. The van der Waals surface area contributed by atoms with E-state index in [-0.39, 0.29) is 17.9 Å². The summed E-state index contributed by atoms with van der Waals surface area (Å²) in [5, 5.41) is 3.20. The molecule has 18 heavy (non-hydrogen) atoms. The molecule has 100 valence electrons. The maximum atomic E-state index is 11.6. The number of ether oxygens (including phenoxy) is 1. The van der Waals surface area contributed by atoms with Crippen molar-refractivity contribution in [1.29, 1.82) is 0 Å². The third-order valence-electron chi connectivity index (χ3n) is 2.83. The first-order valence-corrected chi connectivity index (χ1v) is 6.07. The SMILES string of the molecule is COC(=O)C(Nc1ccc(N(C)C)cc1)C(C)C. The van der Waals surface area contributed by atoms with Gasteiger partial charge in [0.2, 0.25) is 0 Å². The second-order valence-electron chi connectivity index (χ2n) is 4.83. The number of benzene rings is 1. The summed E-state index contributed by atoms with van der Waals surface area (Å²) >= 11 is 0. The zero-order chi connectivity index (χ0) is 13.7. The molecule has 1 rings (SSSR count). The Morgan fingerprint density at radius 2 is 1.78 bits per heavy atom. The molecule has 1 aromatic rings. The fourth-order valence-corrected chi connectivity index (χ4v) is 1.66. The molecule has 1 aromatic carbocycles. The van der Waals surface area contributed by atoms with Crippen molar-refractivity contribution < 1.29 is 9.53 Å². The first-order chi connectivity index (χ1) is 8.45. The van der Waals surface area contributed by atoms with Crippen LogP contribution in [0.1, 0.15) is 13.8 Å². The second kappa shape index (κ2) is 6.28. The minimum atomic E-state index is -0.319. The lowest BCUT2D eigenvalue weighted by atomic mass is 10.0. The van der Waals surface area contributed by atoms with Gasteiger partial charge >= 0.3 is 5.97 Å². The van der Waals surface area contributed by atoms with Gasteiger partial charge in [0, 0.05) is 25.5 Å². The summed E-state index contributed by atoms with van der Waals surface area (Å²) in [4.78, 5) is 13.7. The van der Waals surface area contributed by atoms with Crippen LogP contribution in [0.25, 0.3) is 0 Å². The minimum Gasteiger partial charge on any atom is -0.467 e. The Kier molecular flexibility index (Phi) is 5.01. The molecule has 4 nitrogen and oxygen atoms in total. The maximum absolute atomic E-state index is 11.6. The van der Waals surface area contributed by atoms with Gasteiger partial charge in [-0.3, -0.25) is 0 Å². The molecule has 0 heterocycles. The number of carbonyl (C=O) groups is 1. The van der Waals surface area contributed by atoms with E-state index in [0.717, 1.165) is 11.4 Å². The Hall–Kier alpha value is -1.71. The van der Waals surface area contributed by atoms with Crippen LogP contribution in [-0.2, 0) is 9.53 Å². The van der Waals surface area contributed by atoms with E-state index in [0.29, 0.717) is 0 Å². The molecular formula is C14H22N2O2. The van der Waals surface area contributed by atoms with Crippen molar-refractivity contribution in [3.63, 3.8) is 0 Å². The van der Waals surface area contributed by atoms with E-state index in [1.54, 1.807) is 0 Å². The van der Waals surface area contributed by atoms with Crippen LogP contribution in [0.2, 0.25) is 0 Å².